The SMILES string of the molecule is CCC(Nc1c(Nc2cccc(C(=O)N3CCOCC3)c2O)c(=O)n(C)[nH]c1=O)c1ccccc1. The minimum absolute atomic E-state index is 0.0306. The number of nitrogens with zero attached hydrogens (tertiary/aromatic N) is 2. The third-order valence-corrected chi connectivity index (χ3v) is 6.02. The van der Waals surface area contributed by atoms with E-state index in [9.17, 15) is 19.5 Å². The second kappa shape index (κ2) is 10.5. The first kappa shape index (κ1) is 24.1. The summed E-state index contributed by atoms with van der Waals surface area (Å²) >= 11 is 0. The van der Waals surface area contributed by atoms with Crippen molar-refractivity contribution in [3.8, 4) is 5.75 Å². The van der Waals surface area contributed by atoms with Gasteiger partial charge in [0.25, 0.3) is 17.0 Å². The van der Waals surface area contributed by atoms with Crippen LogP contribution in [0.3, 0.4) is 0 Å². The van der Waals surface area contributed by atoms with Gasteiger partial charge in [-0.1, -0.05) is 43.3 Å². The maximum absolute atomic E-state index is 13.0. The summed E-state index contributed by atoms with van der Waals surface area (Å²) in [5, 5.41) is 19.5. The summed E-state index contributed by atoms with van der Waals surface area (Å²) in [5.41, 5.74) is 0.224. The zero-order chi connectivity index (χ0) is 24.9. The van der Waals surface area contributed by atoms with Gasteiger partial charge in [-0.2, -0.15) is 0 Å². The summed E-state index contributed by atoms with van der Waals surface area (Å²) in [4.78, 5) is 40.5. The molecule has 4 rings (SSSR count). The van der Waals surface area contributed by atoms with Crippen molar-refractivity contribution in [1.29, 1.82) is 0 Å². The van der Waals surface area contributed by atoms with E-state index in [4.69, 9.17) is 4.74 Å². The minimum Gasteiger partial charge on any atom is -0.505 e. The van der Waals surface area contributed by atoms with Gasteiger partial charge in [0.05, 0.1) is 30.5 Å². The number of hydrogen-bond donors (Lipinski definition) is 4. The number of amides is 1. The first-order valence-corrected chi connectivity index (χ1v) is 11.5. The molecule has 1 amide bonds. The average molecular weight is 480 g/mol. The molecule has 0 spiro atoms. The van der Waals surface area contributed by atoms with Crippen molar-refractivity contribution < 1.29 is 14.6 Å². The Bertz CT molecular complexity index is 1310. The Balaban J connectivity index is 1.71. The fourth-order valence-electron chi connectivity index (χ4n) is 4.07. The third kappa shape index (κ3) is 5.07. The molecule has 1 aromatic heterocycles. The van der Waals surface area contributed by atoms with Crippen molar-refractivity contribution in [1.82, 2.24) is 14.7 Å². The highest BCUT2D eigenvalue weighted by Crippen LogP contribution is 2.32. The first-order chi connectivity index (χ1) is 16.9. The molecule has 0 radical (unpaired) electrons. The third-order valence-electron chi connectivity index (χ3n) is 6.02. The van der Waals surface area contributed by atoms with Crippen LogP contribution in [0.5, 0.6) is 5.75 Å². The maximum Gasteiger partial charge on any atom is 0.290 e. The predicted octanol–water partition coefficient (Wildman–Crippen LogP) is 2.56. The quantitative estimate of drug-likeness (QED) is 0.383. The molecule has 0 saturated carbocycles. The molecule has 4 N–H and O–H groups in total. The van der Waals surface area contributed by atoms with Gasteiger partial charge in [-0.05, 0) is 24.1 Å². The van der Waals surface area contributed by atoms with Crippen LogP contribution in [0.4, 0.5) is 17.1 Å². The van der Waals surface area contributed by atoms with Gasteiger partial charge in [0.15, 0.2) is 5.75 Å². The smallest absolute Gasteiger partial charge is 0.290 e. The molecule has 2 aromatic carbocycles. The van der Waals surface area contributed by atoms with Crippen LogP contribution in [0.1, 0.15) is 35.3 Å². The molecular formula is C25H29N5O5. The van der Waals surface area contributed by atoms with E-state index in [1.807, 2.05) is 37.3 Å². The Kier molecular flexibility index (Phi) is 7.21. The molecule has 1 saturated heterocycles. The lowest BCUT2D eigenvalue weighted by atomic mass is 10.0. The van der Waals surface area contributed by atoms with Crippen LogP contribution in [-0.2, 0) is 11.8 Å². The zero-order valence-corrected chi connectivity index (χ0v) is 19.7. The van der Waals surface area contributed by atoms with Gasteiger partial charge in [-0.3, -0.25) is 24.2 Å². The standard InChI is InChI=1S/C25H29N5O5/c1-3-18(16-8-5-4-6-9-16)26-20-21(25(34)29(2)28-23(20)32)27-19-11-7-10-17(22(19)31)24(33)30-12-14-35-15-13-30/h4-11,18,26-27,31H,3,12-15H2,1-2H3,(H,28,32). The summed E-state index contributed by atoms with van der Waals surface area (Å²) < 4.78 is 6.36. The van der Waals surface area contributed by atoms with E-state index in [0.717, 1.165) is 10.2 Å². The van der Waals surface area contributed by atoms with Crippen molar-refractivity contribution in [2.45, 2.75) is 19.4 Å². The number of aromatic nitrogens is 2. The Morgan fingerprint density at radius 3 is 2.49 bits per heavy atom. The summed E-state index contributed by atoms with van der Waals surface area (Å²) in [6.07, 6.45) is 0.660. The number of phenols is 1. The van der Waals surface area contributed by atoms with Crippen LogP contribution in [0.15, 0.2) is 58.1 Å². The van der Waals surface area contributed by atoms with E-state index in [-0.39, 0.29) is 40.3 Å². The average Bonchev–Trinajstić information content (AvgIpc) is 2.88. The van der Waals surface area contributed by atoms with E-state index in [2.05, 4.69) is 15.7 Å². The summed E-state index contributed by atoms with van der Waals surface area (Å²) in [6, 6.07) is 14.0. The summed E-state index contributed by atoms with van der Waals surface area (Å²) in [5.74, 6) is -0.630. The number of H-pyrrole nitrogens is 1. The molecule has 10 nitrogen and oxygen atoms in total. The first-order valence-electron chi connectivity index (χ1n) is 11.5. The van der Waals surface area contributed by atoms with Crippen LogP contribution in [0.25, 0.3) is 0 Å². The number of para-hydroxylation sites is 1. The van der Waals surface area contributed by atoms with E-state index in [1.165, 1.54) is 13.1 Å². The van der Waals surface area contributed by atoms with E-state index < -0.39 is 11.1 Å². The number of aromatic amines is 1. The van der Waals surface area contributed by atoms with Crippen LogP contribution in [-0.4, -0.2) is 52.0 Å². The van der Waals surface area contributed by atoms with Crippen LogP contribution >= 0.6 is 0 Å². The molecule has 184 valence electrons. The number of anilines is 3. The Morgan fingerprint density at radius 1 is 1.09 bits per heavy atom. The molecule has 3 aromatic rings. The molecule has 1 fully saturated rings. The van der Waals surface area contributed by atoms with Gasteiger partial charge in [0.1, 0.15) is 11.4 Å². The number of nitrogens with one attached hydrogen (secondary N) is 3. The summed E-state index contributed by atoms with van der Waals surface area (Å²) in [6.45, 7) is 3.69. The van der Waals surface area contributed by atoms with Gasteiger partial charge in [0, 0.05) is 20.1 Å². The lowest BCUT2D eigenvalue weighted by Crippen LogP contribution is -2.40. The molecular weight excluding hydrogens is 450 g/mol. The molecule has 1 atom stereocenters. The lowest BCUT2D eigenvalue weighted by Gasteiger charge is -2.27. The molecule has 1 aliphatic rings. The highest BCUT2D eigenvalue weighted by molar-refractivity contribution is 5.99. The van der Waals surface area contributed by atoms with Crippen molar-refractivity contribution >= 4 is 23.0 Å². The second-order valence-electron chi connectivity index (χ2n) is 8.30. The van der Waals surface area contributed by atoms with Gasteiger partial charge in [-0.25, -0.2) is 0 Å². The number of aryl methyl sites for hydroxylation is 1. The number of ether oxygens (including phenoxy) is 1. The lowest BCUT2D eigenvalue weighted by molar-refractivity contribution is 0.0301. The molecule has 0 aliphatic carbocycles. The van der Waals surface area contributed by atoms with Gasteiger partial charge >= 0.3 is 0 Å². The Hall–Kier alpha value is -4.05. The molecule has 1 aliphatic heterocycles. The van der Waals surface area contributed by atoms with E-state index in [0.29, 0.717) is 32.7 Å². The van der Waals surface area contributed by atoms with Crippen molar-refractivity contribution in [3.63, 3.8) is 0 Å². The number of benzene rings is 2. The Labute approximate surface area is 202 Å². The highest BCUT2D eigenvalue weighted by atomic mass is 16.5. The fraction of sp³-hybridized carbons (Fsp3) is 0.320. The maximum atomic E-state index is 13.0. The molecule has 0 bridgehead atoms. The normalized spacial score (nSPS) is 14.4. The minimum atomic E-state index is -0.501. The van der Waals surface area contributed by atoms with Crippen LogP contribution < -0.4 is 21.8 Å². The van der Waals surface area contributed by atoms with Crippen molar-refractivity contribution in [3.05, 3.63) is 80.4 Å². The van der Waals surface area contributed by atoms with E-state index in [1.54, 1.807) is 17.0 Å². The fourth-order valence-corrected chi connectivity index (χ4v) is 4.07. The largest absolute Gasteiger partial charge is 0.505 e. The topological polar surface area (TPSA) is 129 Å². The van der Waals surface area contributed by atoms with Crippen molar-refractivity contribution in [2.24, 2.45) is 7.05 Å². The number of rotatable bonds is 7. The molecule has 35 heavy (non-hydrogen) atoms. The van der Waals surface area contributed by atoms with Gasteiger partial charge in [-0.15, -0.1) is 0 Å². The molecule has 10 heteroatoms. The Morgan fingerprint density at radius 2 is 1.80 bits per heavy atom. The van der Waals surface area contributed by atoms with E-state index >= 15 is 0 Å². The number of carbonyl (C=O) groups is 1. The second-order valence-corrected chi connectivity index (χ2v) is 8.30. The molecule has 1 unspecified atom stereocenters. The van der Waals surface area contributed by atoms with Crippen molar-refractivity contribution in [2.75, 3.05) is 36.9 Å². The number of morpholine rings is 1. The zero-order valence-electron chi connectivity index (χ0n) is 19.7. The van der Waals surface area contributed by atoms with Gasteiger partial charge in [0.2, 0.25) is 0 Å². The molecule has 2 heterocycles. The highest BCUT2D eigenvalue weighted by Gasteiger charge is 2.24. The van der Waals surface area contributed by atoms with Gasteiger partial charge < -0.3 is 25.4 Å². The predicted molar refractivity (Wildman–Crippen MR) is 134 cm³/mol. The summed E-state index contributed by atoms with van der Waals surface area (Å²) in [7, 11) is 1.44. The number of carbonyl (C=O) groups excluding carboxylic acids is 1. The number of hydrogen-bond acceptors (Lipinski definition) is 7. The number of aromatic hydroxyl groups is 1. The number of phenolic OH excluding ortho intramolecular Hbond substituents is 1. The van der Waals surface area contributed by atoms with Crippen LogP contribution in [0.2, 0.25) is 0 Å². The monoisotopic (exact) mass is 479 g/mol. The van der Waals surface area contributed by atoms with Crippen LogP contribution in [0, 0.1) is 0 Å².